The summed E-state index contributed by atoms with van der Waals surface area (Å²) in [6, 6.07) is 79.7. The van der Waals surface area contributed by atoms with Crippen molar-refractivity contribution in [2.75, 3.05) is 9.80 Å². The predicted octanol–water partition coefficient (Wildman–Crippen LogP) is 18.7. The fraction of sp³-hybridized carbons (Fsp3) is 0.139. The second kappa shape index (κ2) is 16.0. The second-order valence-electron chi connectivity index (χ2n) is 24.0. The van der Waals surface area contributed by atoms with Gasteiger partial charge in [-0.25, -0.2) is 0 Å². The zero-order valence-electron chi connectivity index (χ0n) is 44.9. The fourth-order valence-electron chi connectivity index (χ4n) is 14.2. The first-order chi connectivity index (χ1) is 37.9. The molecule has 0 amide bonds. The van der Waals surface area contributed by atoms with E-state index in [1.807, 2.05) is 11.3 Å². The SMILES string of the molecule is CC(C)(C)c1ccc(N2c3cc4c(cc3B3c5c2cc2c(oc6ccccc62)c5-c2ccc(N(c5ccccc5)c5ccccc5)c5c6c7ccccc7sc6n3c25)C(C)(C)c2ccccc2C4(C)C)c(-c2ccccc2)c1. The van der Waals surface area contributed by atoms with Gasteiger partial charge >= 0.3 is 6.85 Å². The van der Waals surface area contributed by atoms with Gasteiger partial charge in [0.05, 0.1) is 16.2 Å². The van der Waals surface area contributed by atoms with E-state index in [-0.39, 0.29) is 23.1 Å². The zero-order chi connectivity index (χ0) is 52.6. The molecule has 0 unspecified atom stereocenters. The number of aromatic nitrogens is 1. The van der Waals surface area contributed by atoms with E-state index < -0.39 is 0 Å². The number of hydrogen-bond acceptors (Lipinski definition) is 4. The van der Waals surface area contributed by atoms with Crippen molar-refractivity contribution in [1.29, 1.82) is 0 Å². The molecule has 0 bridgehead atoms. The number of para-hydroxylation sites is 3. The lowest BCUT2D eigenvalue weighted by Gasteiger charge is -2.47. The minimum absolute atomic E-state index is 0.0720. The number of anilines is 6. The molecule has 3 aromatic heterocycles. The Bertz CT molecular complexity index is 4630. The van der Waals surface area contributed by atoms with Crippen molar-refractivity contribution >= 4 is 116 Å². The average Bonchev–Trinajstić information content (AvgIpc) is 3.32. The van der Waals surface area contributed by atoms with E-state index in [2.05, 4.69) is 275 Å². The predicted molar refractivity (Wildman–Crippen MR) is 332 cm³/mol. The Morgan fingerprint density at radius 3 is 1.82 bits per heavy atom. The highest BCUT2D eigenvalue weighted by atomic mass is 32.1. The average molecular weight is 1020 g/mol. The third-order valence-corrected chi connectivity index (χ3v) is 19.1. The van der Waals surface area contributed by atoms with Gasteiger partial charge in [-0.05, 0) is 116 Å². The molecule has 0 N–H and O–H groups in total. The Labute approximate surface area is 459 Å². The summed E-state index contributed by atoms with van der Waals surface area (Å²) >= 11 is 1.93. The van der Waals surface area contributed by atoms with Crippen LogP contribution < -0.4 is 20.7 Å². The molecule has 10 aromatic carbocycles. The maximum absolute atomic E-state index is 7.34. The Morgan fingerprint density at radius 1 is 0.513 bits per heavy atom. The topological polar surface area (TPSA) is 24.6 Å². The molecule has 374 valence electrons. The van der Waals surface area contributed by atoms with Gasteiger partial charge in [-0.3, -0.25) is 0 Å². The lowest BCUT2D eigenvalue weighted by atomic mass is 9.44. The molecular formula is C72H56BN3OS. The van der Waals surface area contributed by atoms with Crippen LogP contribution in [0.15, 0.2) is 217 Å². The molecule has 0 saturated heterocycles. The Balaban J connectivity index is 1.12. The van der Waals surface area contributed by atoms with Crippen LogP contribution in [0, 0.1) is 0 Å². The van der Waals surface area contributed by atoms with Crippen molar-refractivity contribution in [3.63, 3.8) is 0 Å². The van der Waals surface area contributed by atoms with Crippen LogP contribution in [0.3, 0.4) is 0 Å². The van der Waals surface area contributed by atoms with Crippen LogP contribution in [0.4, 0.5) is 34.1 Å². The highest BCUT2D eigenvalue weighted by Gasteiger charge is 2.49. The van der Waals surface area contributed by atoms with Gasteiger partial charge in [-0.2, -0.15) is 0 Å². The molecule has 5 heterocycles. The molecule has 2 aliphatic heterocycles. The first kappa shape index (κ1) is 45.6. The number of benzene rings is 10. The third-order valence-electron chi connectivity index (χ3n) is 18.0. The normalized spacial score (nSPS) is 14.8. The summed E-state index contributed by atoms with van der Waals surface area (Å²) in [5.41, 5.74) is 23.4. The maximum atomic E-state index is 7.34. The lowest BCUT2D eigenvalue weighted by molar-refractivity contribution is 0.521. The molecule has 0 spiro atoms. The van der Waals surface area contributed by atoms with Crippen LogP contribution in [0.25, 0.3) is 75.4 Å². The van der Waals surface area contributed by atoms with Gasteiger partial charge in [-0.15, -0.1) is 11.3 Å². The van der Waals surface area contributed by atoms with E-state index in [0.29, 0.717) is 0 Å². The van der Waals surface area contributed by atoms with Gasteiger partial charge in [0.1, 0.15) is 11.2 Å². The molecule has 16 rings (SSSR count). The van der Waals surface area contributed by atoms with Crippen molar-refractivity contribution in [1.82, 2.24) is 4.48 Å². The van der Waals surface area contributed by atoms with E-state index >= 15 is 0 Å². The lowest BCUT2D eigenvalue weighted by Crippen LogP contribution is -2.57. The van der Waals surface area contributed by atoms with Crippen LogP contribution in [-0.4, -0.2) is 11.3 Å². The molecule has 4 nitrogen and oxygen atoms in total. The largest absolute Gasteiger partial charge is 0.455 e. The first-order valence-corrected chi connectivity index (χ1v) is 28.4. The zero-order valence-corrected chi connectivity index (χ0v) is 45.8. The molecule has 0 radical (unpaired) electrons. The number of fused-ring (bicyclic) bond motifs is 15. The van der Waals surface area contributed by atoms with Gasteiger partial charge in [0.2, 0.25) is 0 Å². The van der Waals surface area contributed by atoms with Gasteiger partial charge in [0.25, 0.3) is 0 Å². The molecular weight excluding hydrogens is 966 g/mol. The molecule has 6 heteroatoms. The molecule has 3 aliphatic rings. The fourth-order valence-corrected chi connectivity index (χ4v) is 15.4. The standard InChI is InChI=1S/C72H56BN3OS/c1-70(2,3)44-35-37-57(50(39-44)43-23-11-8-12-24-43)75-59-42-55-54(71(4,5)52-31-19-20-32-53(52)72(55,6)7)41-56(59)73-66-60(75)40-51-47-29-17-21-33-61(47)77-68(51)64(66)49-36-38-58(74(45-25-13-9-14-26-45)46-27-15-10-16-28-46)65-63-48-30-18-22-34-62(48)78-69(63)76(73)67(49)65/h8-42H,1-7H3. The summed E-state index contributed by atoms with van der Waals surface area (Å²) in [7, 11) is 0. The van der Waals surface area contributed by atoms with Crippen molar-refractivity contribution in [2.45, 2.75) is 64.7 Å². The summed E-state index contributed by atoms with van der Waals surface area (Å²) in [5.74, 6) is 0. The number of thiophene rings is 1. The second-order valence-corrected chi connectivity index (χ2v) is 25.0. The van der Waals surface area contributed by atoms with Crippen LogP contribution >= 0.6 is 11.3 Å². The number of rotatable bonds is 5. The van der Waals surface area contributed by atoms with E-state index in [9.17, 15) is 0 Å². The van der Waals surface area contributed by atoms with Gasteiger partial charge in [0, 0.05) is 87.4 Å². The van der Waals surface area contributed by atoms with E-state index in [4.69, 9.17) is 4.42 Å². The van der Waals surface area contributed by atoms with Gasteiger partial charge in [0.15, 0.2) is 0 Å². The summed E-state index contributed by atoms with van der Waals surface area (Å²) in [4.78, 5) is 6.41. The monoisotopic (exact) mass is 1020 g/mol. The summed E-state index contributed by atoms with van der Waals surface area (Å²) in [6.45, 7) is 16.5. The van der Waals surface area contributed by atoms with Gasteiger partial charge < -0.3 is 18.7 Å². The third kappa shape index (κ3) is 6.12. The van der Waals surface area contributed by atoms with Crippen molar-refractivity contribution in [3.05, 3.63) is 240 Å². The minimum Gasteiger partial charge on any atom is -0.455 e. The van der Waals surface area contributed by atoms with E-state index in [1.54, 1.807) is 0 Å². The molecule has 0 fully saturated rings. The highest BCUT2D eigenvalue weighted by molar-refractivity contribution is 7.26. The minimum atomic E-state index is -0.290. The van der Waals surface area contributed by atoms with E-state index in [0.717, 1.165) is 44.7 Å². The number of furan rings is 1. The molecule has 13 aromatic rings. The van der Waals surface area contributed by atoms with Crippen molar-refractivity contribution in [3.8, 4) is 22.3 Å². The quantitative estimate of drug-likeness (QED) is 0.161. The van der Waals surface area contributed by atoms with Crippen molar-refractivity contribution in [2.24, 2.45) is 0 Å². The number of nitrogens with zero attached hydrogens (tertiary/aromatic N) is 3. The Hall–Kier alpha value is -8.58. The van der Waals surface area contributed by atoms with Crippen LogP contribution in [0.1, 0.15) is 76.3 Å². The molecule has 0 saturated carbocycles. The Kier molecular flexibility index (Phi) is 9.36. The van der Waals surface area contributed by atoms with Crippen LogP contribution in [-0.2, 0) is 16.2 Å². The van der Waals surface area contributed by atoms with E-state index in [1.165, 1.54) is 104 Å². The molecule has 1 aliphatic carbocycles. The maximum Gasteiger partial charge on any atom is 0.333 e. The van der Waals surface area contributed by atoms with Crippen LogP contribution in [0.2, 0.25) is 0 Å². The summed E-state index contributed by atoms with van der Waals surface area (Å²) in [6.07, 6.45) is 0. The van der Waals surface area contributed by atoms with Crippen LogP contribution in [0.5, 0.6) is 0 Å². The highest BCUT2D eigenvalue weighted by Crippen LogP contribution is 2.57. The number of hydrogen-bond donors (Lipinski definition) is 0. The van der Waals surface area contributed by atoms with Crippen molar-refractivity contribution < 1.29 is 4.42 Å². The smallest absolute Gasteiger partial charge is 0.333 e. The molecule has 0 atom stereocenters. The molecule has 78 heavy (non-hydrogen) atoms. The summed E-state index contributed by atoms with van der Waals surface area (Å²) in [5, 5.41) is 6.04. The summed E-state index contributed by atoms with van der Waals surface area (Å²) < 4.78 is 11.4. The van der Waals surface area contributed by atoms with Gasteiger partial charge in [-0.1, -0.05) is 194 Å². The Morgan fingerprint density at radius 2 is 1.13 bits per heavy atom. The first-order valence-electron chi connectivity index (χ1n) is 27.5.